The van der Waals surface area contributed by atoms with E-state index < -0.39 is 0 Å². The molecule has 1 aliphatic heterocycles. The van der Waals surface area contributed by atoms with Gasteiger partial charge in [0.15, 0.2) is 0 Å². The van der Waals surface area contributed by atoms with E-state index in [0.717, 1.165) is 19.5 Å². The minimum absolute atomic E-state index is 0.903. The lowest BCUT2D eigenvalue weighted by atomic mass is 10.0. The van der Waals surface area contributed by atoms with Crippen molar-refractivity contribution in [2.75, 3.05) is 11.4 Å². The molecule has 4 heteroatoms. The van der Waals surface area contributed by atoms with Gasteiger partial charge in [0, 0.05) is 18.4 Å². The minimum Gasteiger partial charge on any atom is -0.365 e. The van der Waals surface area contributed by atoms with Gasteiger partial charge in [0.05, 0.1) is 18.6 Å². The molecule has 0 bridgehead atoms. The third-order valence-corrected chi connectivity index (χ3v) is 4.53. The largest absolute Gasteiger partial charge is 0.365 e. The molecule has 0 spiro atoms. The van der Waals surface area contributed by atoms with Gasteiger partial charge in [0.2, 0.25) is 0 Å². The Morgan fingerprint density at radius 1 is 1.25 bits per heavy atom. The zero-order valence-electron chi connectivity index (χ0n) is 11.0. The van der Waals surface area contributed by atoms with Crippen LogP contribution in [0.15, 0.2) is 47.5 Å². The molecule has 4 rings (SSSR count). The van der Waals surface area contributed by atoms with Crippen molar-refractivity contribution in [1.82, 2.24) is 9.97 Å². The van der Waals surface area contributed by atoms with E-state index >= 15 is 0 Å². The summed E-state index contributed by atoms with van der Waals surface area (Å²) >= 11 is 1.75. The Morgan fingerprint density at radius 2 is 2.25 bits per heavy atom. The van der Waals surface area contributed by atoms with Gasteiger partial charge in [-0.2, -0.15) is 11.3 Å². The number of nitrogens with one attached hydrogen (secondary N) is 1. The molecule has 0 atom stereocenters. The molecule has 0 aliphatic carbocycles. The summed E-state index contributed by atoms with van der Waals surface area (Å²) in [4.78, 5) is 9.71. The molecule has 0 fully saturated rings. The fourth-order valence-electron chi connectivity index (χ4n) is 2.79. The molecule has 1 aromatic carbocycles. The molecule has 1 aliphatic rings. The van der Waals surface area contributed by atoms with Crippen LogP contribution in [0, 0.1) is 0 Å². The van der Waals surface area contributed by atoms with Crippen LogP contribution in [0.25, 0.3) is 11.1 Å². The normalized spacial score (nSPS) is 13.7. The second-order valence-corrected chi connectivity index (χ2v) is 5.88. The number of hydrogen-bond acceptors (Lipinski definition) is 3. The molecule has 0 amide bonds. The number of nitrogens with zero attached hydrogens (tertiary/aromatic N) is 2. The first kappa shape index (κ1) is 11.7. The van der Waals surface area contributed by atoms with Gasteiger partial charge in [0.25, 0.3) is 0 Å². The first-order valence-electron chi connectivity index (χ1n) is 6.78. The Morgan fingerprint density at radius 3 is 3.05 bits per heavy atom. The highest BCUT2D eigenvalue weighted by Crippen LogP contribution is 2.34. The number of aromatic nitrogens is 2. The van der Waals surface area contributed by atoms with Gasteiger partial charge in [-0.05, 0) is 46.0 Å². The lowest BCUT2D eigenvalue weighted by Crippen LogP contribution is -2.19. The zero-order valence-corrected chi connectivity index (χ0v) is 11.9. The van der Waals surface area contributed by atoms with Crippen molar-refractivity contribution in [3.63, 3.8) is 0 Å². The highest BCUT2D eigenvalue weighted by molar-refractivity contribution is 7.08. The molecule has 3 nitrogen and oxygen atoms in total. The number of hydrogen-bond donors (Lipinski definition) is 1. The monoisotopic (exact) mass is 281 g/mol. The predicted molar refractivity (Wildman–Crippen MR) is 83.1 cm³/mol. The van der Waals surface area contributed by atoms with Crippen molar-refractivity contribution < 1.29 is 0 Å². The number of thiophene rings is 1. The maximum atomic E-state index is 4.10. The fraction of sp³-hybridized carbons (Fsp3) is 0.188. The Kier molecular flexibility index (Phi) is 2.81. The summed E-state index contributed by atoms with van der Waals surface area (Å²) in [5, 5.41) is 4.33. The Hall–Kier alpha value is -2.07. The minimum atomic E-state index is 0.903. The third-order valence-electron chi connectivity index (χ3n) is 3.85. The number of imidazole rings is 1. The second kappa shape index (κ2) is 4.80. The molecule has 1 N–H and O–H groups in total. The van der Waals surface area contributed by atoms with E-state index in [0.29, 0.717) is 0 Å². The summed E-state index contributed by atoms with van der Waals surface area (Å²) in [6, 6.07) is 9.01. The second-order valence-electron chi connectivity index (χ2n) is 5.10. The summed E-state index contributed by atoms with van der Waals surface area (Å²) in [6.45, 7) is 1.99. The van der Waals surface area contributed by atoms with Gasteiger partial charge < -0.3 is 9.88 Å². The van der Waals surface area contributed by atoms with Crippen LogP contribution >= 0.6 is 11.3 Å². The van der Waals surface area contributed by atoms with Crippen LogP contribution in [-0.4, -0.2) is 16.5 Å². The predicted octanol–water partition coefficient (Wildman–Crippen LogP) is 3.70. The maximum Gasteiger partial charge on any atom is 0.0922 e. The molecule has 0 saturated carbocycles. The van der Waals surface area contributed by atoms with Crippen molar-refractivity contribution in [2.24, 2.45) is 0 Å². The molecular formula is C16H15N3S. The highest BCUT2D eigenvalue weighted by atomic mass is 32.1. The number of fused-ring (bicyclic) bond motifs is 1. The summed E-state index contributed by atoms with van der Waals surface area (Å²) in [5.41, 5.74) is 6.60. The van der Waals surface area contributed by atoms with Gasteiger partial charge >= 0.3 is 0 Å². The Bertz CT molecular complexity index is 701. The quantitative estimate of drug-likeness (QED) is 0.794. The van der Waals surface area contributed by atoms with Gasteiger partial charge in [-0.3, -0.25) is 0 Å². The van der Waals surface area contributed by atoms with Crippen LogP contribution in [0.1, 0.15) is 11.3 Å². The molecule has 3 aromatic rings. The average Bonchev–Trinajstić information content (AvgIpc) is 3.20. The van der Waals surface area contributed by atoms with E-state index in [2.05, 4.69) is 49.9 Å². The van der Waals surface area contributed by atoms with Crippen LogP contribution in [0.4, 0.5) is 5.69 Å². The lowest BCUT2D eigenvalue weighted by molar-refractivity contribution is 0.819. The number of benzene rings is 1. The zero-order chi connectivity index (χ0) is 13.4. The SMILES string of the molecule is c1ncc(CN2CCc3ccc(-c4ccsc4)cc32)[nH]1. The number of aromatic amines is 1. The van der Waals surface area contributed by atoms with Gasteiger partial charge in [-0.1, -0.05) is 12.1 Å². The highest BCUT2D eigenvalue weighted by Gasteiger charge is 2.20. The molecular weight excluding hydrogens is 266 g/mol. The van der Waals surface area contributed by atoms with Crippen molar-refractivity contribution in [3.8, 4) is 11.1 Å². The number of anilines is 1. The number of H-pyrrole nitrogens is 1. The molecule has 3 heterocycles. The smallest absolute Gasteiger partial charge is 0.0922 e. The van der Waals surface area contributed by atoms with Crippen LogP contribution in [0.3, 0.4) is 0 Å². The molecule has 0 saturated heterocycles. The molecule has 100 valence electrons. The van der Waals surface area contributed by atoms with Crippen molar-refractivity contribution in [3.05, 3.63) is 58.8 Å². The van der Waals surface area contributed by atoms with Crippen LogP contribution in [0.5, 0.6) is 0 Å². The first-order chi connectivity index (χ1) is 9.90. The van der Waals surface area contributed by atoms with Crippen LogP contribution in [0.2, 0.25) is 0 Å². The van der Waals surface area contributed by atoms with E-state index in [-0.39, 0.29) is 0 Å². The van der Waals surface area contributed by atoms with E-state index in [1.165, 1.54) is 28.1 Å². The van der Waals surface area contributed by atoms with Gasteiger partial charge in [-0.15, -0.1) is 0 Å². The standard InChI is InChI=1S/C16H15N3S/c1-2-13(14-4-6-20-10-14)7-16-12(1)3-5-19(16)9-15-8-17-11-18-15/h1-2,4,6-8,10-11H,3,5,9H2,(H,17,18). The molecule has 2 aromatic heterocycles. The van der Waals surface area contributed by atoms with E-state index in [1.54, 1.807) is 17.7 Å². The van der Waals surface area contributed by atoms with Gasteiger partial charge in [0.1, 0.15) is 0 Å². The summed E-state index contributed by atoms with van der Waals surface area (Å²) < 4.78 is 0. The maximum absolute atomic E-state index is 4.10. The number of rotatable bonds is 3. The molecule has 0 radical (unpaired) electrons. The molecule has 0 unspecified atom stereocenters. The topological polar surface area (TPSA) is 31.9 Å². The first-order valence-corrected chi connectivity index (χ1v) is 7.72. The third kappa shape index (κ3) is 2.02. The van der Waals surface area contributed by atoms with Crippen molar-refractivity contribution in [1.29, 1.82) is 0 Å². The fourth-order valence-corrected chi connectivity index (χ4v) is 3.46. The average molecular weight is 281 g/mol. The van der Waals surface area contributed by atoms with Crippen molar-refractivity contribution in [2.45, 2.75) is 13.0 Å². The summed E-state index contributed by atoms with van der Waals surface area (Å²) in [5.74, 6) is 0. The Balaban J connectivity index is 1.67. The lowest BCUT2D eigenvalue weighted by Gasteiger charge is -2.19. The van der Waals surface area contributed by atoms with E-state index in [9.17, 15) is 0 Å². The van der Waals surface area contributed by atoms with Crippen LogP contribution < -0.4 is 4.90 Å². The van der Waals surface area contributed by atoms with Crippen molar-refractivity contribution >= 4 is 17.0 Å². The van der Waals surface area contributed by atoms with Crippen LogP contribution in [-0.2, 0) is 13.0 Å². The van der Waals surface area contributed by atoms with E-state index in [4.69, 9.17) is 0 Å². The summed E-state index contributed by atoms with van der Waals surface area (Å²) in [6.07, 6.45) is 4.78. The van der Waals surface area contributed by atoms with E-state index in [1.807, 2.05) is 6.20 Å². The molecule has 20 heavy (non-hydrogen) atoms. The summed E-state index contributed by atoms with van der Waals surface area (Å²) in [7, 11) is 0. The van der Waals surface area contributed by atoms with Gasteiger partial charge in [-0.25, -0.2) is 4.98 Å². The Labute approximate surface area is 121 Å².